The van der Waals surface area contributed by atoms with Gasteiger partial charge in [0.1, 0.15) is 10.8 Å². The molecule has 0 spiro atoms. The molecular weight excluding hydrogens is 329 g/mol. The minimum atomic E-state index is -1.16. The van der Waals surface area contributed by atoms with Gasteiger partial charge in [-0.2, -0.15) is 0 Å². The normalized spacial score (nSPS) is 28.4. The van der Waals surface area contributed by atoms with Crippen LogP contribution >= 0.6 is 11.8 Å². The molecule has 0 radical (unpaired) electrons. The van der Waals surface area contributed by atoms with E-state index < -0.39 is 11.0 Å². The lowest BCUT2D eigenvalue weighted by Crippen LogP contribution is -2.47. The summed E-state index contributed by atoms with van der Waals surface area (Å²) in [6.45, 7) is 0.762. The molecule has 0 bridgehead atoms. The summed E-state index contributed by atoms with van der Waals surface area (Å²) in [4.78, 5) is 25.2. The van der Waals surface area contributed by atoms with Crippen LogP contribution in [0.15, 0.2) is 35.9 Å². The number of hydrogen-bond acceptors (Lipinski definition) is 5. The topological polar surface area (TPSA) is 57.6 Å². The Labute approximate surface area is 143 Å². The molecule has 1 aliphatic carbocycles. The molecule has 2 atom stereocenters. The van der Waals surface area contributed by atoms with Crippen LogP contribution in [-0.2, 0) is 9.59 Å². The number of aliphatic hydroxyl groups is 1. The van der Waals surface area contributed by atoms with Crippen LogP contribution in [0.25, 0.3) is 0 Å². The van der Waals surface area contributed by atoms with E-state index in [4.69, 9.17) is 0 Å². The van der Waals surface area contributed by atoms with Gasteiger partial charge in [0.15, 0.2) is 5.78 Å². The molecule has 1 N–H and O–H groups in total. The zero-order valence-electron chi connectivity index (χ0n) is 13.1. The summed E-state index contributed by atoms with van der Waals surface area (Å²) < 4.78 is 14.3. The van der Waals surface area contributed by atoms with Crippen molar-refractivity contribution in [1.82, 2.24) is 4.90 Å². The van der Waals surface area contributed by atoms with E-state index in [1.165, 1.54) is 12.1 Å². The lowest BCUT2D eigenvalue weighted by atomic mass is 9.92. The van der Waals surface area contributed by atoms with Crippen molar-refractivity contribution in [2.75, 3.05) is 13.1 Å². The van der Waals surface area contributed by atoms with Crippen molar-refractivity contribution in [2.24, 2.45) is 5.92 Å². The summed E-state index contributed by atoms with van der Waals surface area (Å²) in [5.74, 6) is -0.338. The number of benzene rings is 1. The highest BCUT2D eigenvalue weighted by Crippen LogP contribution is 2.46. The first-order valence-corrected chi connectivity index (χ1v) is 8.98. The smallest absolute Gasteiger partial charge is 0.215 e. The van der Waals surface area contributed by atoms with E-state index in [9.17, 15) is 19.1 Å². The molecule has 3 aliphatic rings. The zero-order valence-corrected chi connectivity index (χ0v) is 13.9. The number of hydrogen-bond donors (Lipinski definition) is 1. The molecule has 1 aromatic rings. The van der Waals surface area contributed by atoms with Crippen molar-refractivity contribution in [2.45, 2.75) is 30.2 Å². The van der Waals surface area contributed by atoms with Crippen LogP contribution in [0.1, 0.15) is 30.9 Å². The van der Waals surface area contributed by atoms with Crippen molar-refractivity contribution < 1.29 is 19.1 Å². The number of Topliss-reactive ketones (excluding diaryl/α,β-unsaturated/α-hetero) is 1. The molecule has 1 saturated heterocycles. The molecule has 2 heterocycles. The maximum atomic E-state index is 14.3. The minimum Gasteiger partial charge on any atom is -0.375 e. The second-order valence-electron chi connectivity index (χ2n) is 6.70. The fraction of sp³-hybridized carbons (Fsp3) is 0.444. The van der Waals surface area contributed by atoms with Gasteiger partial charge in [-0.15, -0.1) is 0 Å². The van der Waals surface area contributed by atoms with E-state index in [1.54, 1.807) is 18.2 Å². The predicted molar refractivity (Wildman–Crippen MR) is 88.7 cm³/mol. The summed E-state index contributed by atoms with van der Waals surface area (Å²) in [6.07, 6.45) is 3.53. The molecular formula is C18H18FNO3S. The Bertz CT molecular complexity index is 746. The van der Waals surface area contributed by atoms with Gasteiger partial charge in [0.2, 0.25) is 5.12 Å². The second-order valence-corrected chi connectivity index (χ2v) is 7.98. The number of carbonyl (C=O) groups is 2. The van der Waals surface area contributed by atoms with Gasteiger partial charge in [0.05, 0.1) is 6.04 Å². The summed E-state index contributed by atoms with van der Waals surface area (Å²) in [5, 5.41) is 10.4. The fourth-order valence-corrected chi connectivity index (χ4v) is 4.51. The third kappa shape index (κ3) is 2.72. The molecule has 2 aliphatic heterocycles. The number of rotatable bonds is 4. The summed E-state index contributed by atoms with van der Waals surface area (Å²) in [7, 11) is 0. The van der Waals surface area contributed by atoms with Crippen LogP contribution in [0.4, 0.5) is 4.39 Å². The second kappa shape index (κ2) is 5.79. The number of ketones is 1. The van der Waals surface area contributed by atoms with Crippen molar-refractivity contribution in [3.8, 4) is 0 Å². The van der Waals surface area contributed by atoms with Gasteiger partial charge in [0.25, 0.3) is 0 Å². The molecule has 0 amide bonds. The third-order valence-electron chi connectivity index (χ3n) is 4.99. The average Bonchev–Trinajstić information content (AvgIpc) is 3.33. The Morgan fingerprint density at radius 1 is 1.38 bits per heavy atom. The third-order valence-corrected chi connectivity index (χ3v) is 6.11. The minimum absolute atomic E-state index is 0.00369. The first-order valence-electron chi connectivity index (χ1n) is 8.16. The highest BCUT2D eigenvalue weighted by Gasteiger charge is 2.47. The number of likely N-dealkylation sites (tertiary alicyclic amines) is 1. The number of halogens is 1. The first kappa shape index (κ1) is 16.0. The van der Waals surface area contributed by atoms with Gasteiger partial charge in [-0.1, -0.05) is 18.2 Å². The molecule has 24 heavy (non-hydrogen) atoms. The van der Waals surface area contributed by atoms with E-state index in [2.05, 4.69) is 0 Å². The number of thioether (sulfide) groups is 1. The van der Waals surface area contributed by atoms with Crippen LogP contribution in [0.5, 0.6) is 0 Å². The number of carbonyl (C=O) groups excluding carboxylic acids is 2. The van der Waals surface area contributed by atoms with Gasteiger partial charge in [0, 0.05) is 31.0 Å². The summed E-state index contributed by atoms with van der Waals surface area (Å²) in [6, 6.07) is 5.73. The molecule has 6 heteroatoms. The quantitative estimate of drug-likeness (QED) is 0.907. The van der Waals surface area contributed by atoms with Gasteiger partial charge in [-0.25, -0.2) is 4.39 Å². The number of fused-ring (bicyclic) bond motifs is 1. The lowest BCUT2D eigenvalue weighted by molar-refractivity contribution is -0.126. The molecule has 126 valence electrons. The Balaban J connectivity index is 1.67. The molecule has 1 saturated carbocycles. The van der Waals surface area contributed by atoms with Gasteiger partial charge in [-0.3, -0.25) is 14.5 Å². The molecule has 0 aromatic heterocycles. The Hall–Kier alpha value is -1.50. The molecule has 4 nitrogen and oxygen atoms in total. The van der Waals surface area contributed by atoms with Crippen LogP contribution in [-0.4, -0.2) is 38.9 Å². The van der Waals surface area contributed by atoms with Crippen molar-refractivity contribution in [3.05, 3.63) is 47.3 Å². The average molecular weight is 347 g/mol. The van der Waals surface area contributed by atoms with Crippen LogP contribution in [0.3, 0.4) is 0 Å². The largest absolute Gasteiger partial charge is 0.375 e. The highest BCUT2D eigenvalue weighted by atomic mass is 32.2. The molecule has 0 unspecified atom stereocenters. The SMILES string of the molecule is O=C1C=C2CN([C@@H](C(=O)C3CC3)c3ccccc3F)CC[C@@]2(O)S1. The van der Waals surface area contributed by atoms with Crippen molar-refractivity contribution >= 4 is 22.7 Å². The molecule has 2 fully saturated rings. The van der Waals surface area contributed by atoms with E-state index in [-0.39, 0.29) is 22.6 Å². The van der Waals surface area contributed by atoms with E-state index in [0.717, 1.165) is 24.6 Å². The van der Waals surface area contributed by atoms with Gasteiger partial charge < -0.3 is 5.11 Å². The maximum Gasteiger partial charge on any atom is 0.215 e. The van der Waals surface area contributed by atoms with Crippen molar-refractivity contribution in [3.63, 3.8) is 0 Å². The van der Waals surface area contributed by atoms with E-state index in [0.29, 0.717) is 30.6 Å². The Morgan fingerprint density at radius 2 is 2.12 bits per heavy atom. The Kier molecular flexibility index (Phi) is 3.86. The molecule has 4 rings (SSSR count). The maximum absolute atomic E-state index is 14.3. The van der Waals surface area contributed by atoms with Crippen LogP contribution < -0.4 is 0 Å². The van der Waals surface area contributed by atoms with Crippen molar-refractivity contribution in [1.29, 1.82) is 0 Å². The monoisotopic (exact) mass is 347 g/mol. The van der Waals surface area contributed by atoms with Gasteiger partial charge in [-0.05, 0) is 42.3 Å². The zero-order chi connectivity index (χ0) is 16.9. The summed E-state index contributed by atoms with van der Waals surface area (Å²) in [5.41, 5.74) is 1.01. The highest BCUT2D eigenvalue weighted by molar-refractivity contribution is 8.15. The number of nitrogens with zero attached hydrogens (tertiary/aromatic N) is 1. The van der Waals surface area contributed by atoms with Crippen LogP contribution in [0, 0.1) is 11.7 Å². The van der Waals surface area contributed by atoms with E-state index in [1.807, 2.05) is 4.90 Å². The van der Waals surface area contributed by atoms with Gasteiger partial charge >= 0.3 is 0 Å². The summed E-state index contributed by atoms with van der Waals surface area (Å²) >= 11 is 0.930. The standard InChI is InChI=1S/C18H18FNO3S/c19-14-4-2-1-3-13(14)16(17(22)11-5-6-11)20-8-7-18(23)12(10-20)9-15(21)24-18/h1-4,9,11,16,23H,5-8,10H2/t16-,18-/m1/s1. The number of piperidine rings is 1. The first-order chi connectivity index (χ1) is 11.5. The van der Waals surface area contributed by atoms with Crippen LogP contribution in [0.2, 0.25) is 0 Å². The fourth-order valence-electron chi connectivity index (χ4n) is 3.53. The lowest BCUT2D eigenvalue weighted by Gasteiger charge is -2.40. The predicted octanol–water partition coefficient (Wildman–Crippen LogP) is 2.44. The Morgan fingerprint density at radius 3 is 2.83 bits per heavy atom. The van der Waals surface area contributed by atoms with E-state index >= 15 is 0 Å². The molecule has 1 aromatic carbocycles.